The number of nitrogens with zero attached hydrogens (tertiary/aromatic N) is 4. The Hall–Kier alpha value is -1.07. The molecule has 6 nitrogen and oxygen atoms in total. The van der Waals surface area contributed by atoms with E-state index in [1.807, 2.05) is 17.7 Å². The smallest absolute Gasteiger partial charge is 0.191 e. The molecule has 1 fully saturated rings. The minimum absolute atomic E-state index is 0.145. The van der Waals surface area contributed by atoms with E-state index < -0.39 is 9.84 Å². The monoisotopic (exact) mass is 286 g/mol. The van der Waals surface area contributed by atoms with Gasteiger partial charge >= 0.3 is 0 Å². The number of rotatable bonds is 4. The molecular weight excluding hydrogens is 272 g/mol. The molecular formula is C10H14N4O2S2. The third kappa shape index (κ3) is 3.03. The topological polar surface area (TPSA) is 88.6 Å². The second kappa shape index (κ2) is 5.28. The highest BCUT2D eigenvalue weighted by molar-refractivity contribution is 7.99. The van der Waals surface area contributed by atoms with Crippen molar-refractivity contribution in [1.29, 1.82) is 5.26 Å². The van der Waals surface area contributed by atoms with Gasteiger partial charge in [-0.25, -0.2) is 8.42 Å². The molecule has 1 atom stereocenters. The van der Waals surface area contributed by atoms with Crippen LogP contribution in [0.3, 0.4) is 0 Å². The average Bonchev–Trinajstić information content (AvgIpc) is 2.82. The standard InChI is InChI=1S/C10H14N4O2S2/c1-14-9(12-13-10(14)17-4-3-11)6-8-2-5-18(15,16)7-8/h8H,2,4-7H2,1H3/t8-/m1/s1. The second-order valence-electron chi connectivity index (χ2n) is 4.38. The molecule has 1 aliphatic rings. The minimum Gasteiger partial charge on any atom is -0.309 e. The van der Waals surface area contributed by atoms with E-state index >= 15 is 0 Å². The van der Waals surface area contributed by atoms with Crippen molar-refractivity contribution in [2.24, 2.45) is 13.0 Å². The van der Waals surface area contributed by atoms with E-state index in [0.717, 1.165) is 5.82 Å². The molecule has 8 heteroatoms. The Kier molecular flexibility index (Phi) is 3.92. The molecule has 0 spiro atoms. The molecule has 0 aromatic carbocycles. The lowest BCUT2D eigenvalue weighted by atomic mass is 10.1. The van der Waals surface area contributed by atoms with Crippen LogP contribution in [0.15, 0.2) is 5.16 Å². The van der Waals surface area contributed by atoms with Crippen molar-refractivity contribution in [2.45, 2.75) is 18.0 Å². The van der Waals surface area contributed by atoms with Crippen LogP contribution < -0.4 is 0 Å². The lowest BCUT2D eigenvalue weighted by Crippen LogP contribution is -2.11. The summed E-state index contributed by atoms with van der Waals surface area (Å²) in [7, 11) is -0.996. The maximum atomic E-state index is 11.4. The van der Waals surface area contributed by atoms with E-state index in [2.05, 4.69) is 10.2 Å². The van der Waals surface area contributed by atoms with Crippen molar-refractivity contribution in [1.82, 2.24) is 14.8 Å². The fraction of sp³-hybridized carbons (Fsp3) is 0.700. The van der Waals surface area contributed by atoms with E-state index in [-0.39, 0.29) is 17.4 Å². The zero-order valence-corrected chi connectivity index (χ0v) is 11.7. The Morgan fingerprint density at radius 3 is 2.94 bits per heavy atom. The molecule has 0 aliphatic carbocycles. The van der Waals surface area contributed by atoms with E-state index in [4.69, 9.17) is 5.26 Å². The van der Waals surface area contributed by atoms with E-state index in [9.17, 15) is 8.42 Å². The largest absolute Gasteiger partial charge is 0.309 e. The van der Waals surface area contributed by atoms with Crippen molar-refractivity contribution >= 4 is 21.6 Å². The van der Waals surface area contributed by atoms with Crippen LogP contribution in [0.25, 0.3) is 0 Å². The van der Waals surface area contributed by atoms with Crippen molar-refractivity contribution < 1.29 is 8.42 Å². The molecule has 2 rings (SSSR count). The summed E-state index contributed by atoms with van der Waals surface area (Å²) in [5.74, 6) is 1.81. The van der Waals surface area contributed by atoms with Gasteiger partial charge in [-0.15, -0.1) is 10.2 Å². The predicted molar refractivity (Wildman–Crippen MR) is 67.8 cm³/mol. The molecule has 0 bridgehead atoms. The number of sulfone groups is 1. The van der Waals surface area contributed by atoms with Crippen molar-refractivity contribution in [3.05, 3.63) is 5.82 Å². The molecule has 1 aromatic rings. The molecule has 0 amide bonds. The van der Waals surface area contributed by atoms with Crippen LogP contribution in [0, 0.1) is 17.2 Å². The van der Waals surface area contributed by atoms with Crippen molar-refractivity contribution in [3.8, 4) is 6.07 Å². The van der Waals surface area contributed by atoms with Crippen LogP contribution in [-0.4, -0.2) is 40.4 Å². The summed E-state index contributed by atoms with van der Waals surface area (Å²) in [6.07, 6.45) is 1.34. The number of hydrogen-bond donors (Lipinski definition) is 0. The third-order valence-electron chi connectivity index (χ3n) is 2.99. The van der Waals surface area contributed by atoms with Gasteiger partial charge in [0, 0.05) is 13.5 Å². The van der Waals surface area contributed by atoms with E-state index in [1.54, 1.807) is 0 Å². The summed E-state index contributed by atoms with van der Waals surface area (Å²) in [6.45, 7) is 0. The van der Waals surface area contributed by atoms with Gasteiger partial charge in [0.2, 0.25) is 0 Å². The molecule has 18 heavy (non-hydrogen) atoms. The van der Waals surface area contributed by atoms with Gasteiger partial charge in [0.15, 0.2) is 15.0 Å². The van der Waals surface area contributed by atoms with Crippen LogP contribution in [0.2, 0.25) is 0 Å². The average molecular weight is 286 g/mol. The number of aromatic nitrogens is 3. The van der Waals surface area contributed by atoms with Crippen molar-refractivity contribution in [3.63, 3.8) is 0 Å². The Balaban J connectivity index is 2.03. The highest BCUT2D eigenvalue weighted by Crippen LogP contribution is 2.23. The Labute approximate surface area is 110 Å². The molecule has 1 aliphatic heterocycles. The van der Waals surface area contributed by atoms with Gasteiger partial charge in [-0.1, -0.05) is 11.8 Å². The second-order valence-corrected chi connectivity index (χ2v) is 7.55. The molecule has 1 saturated heterocycles. The fourth-order valence-electron chi connectivity index (χ4n) is 2.04. The SMILES string of the molecule is Cn1c(C[C@H]2CCS(=O)(=O)C2)nnc1SCC#N. The Morgan fingerprint density at radius 2 is 2.33 bits per heavy atom. The number of thioether (sulfide) groups is 1. The summed E-state index contributed by atoms with van der Waals surface area (Å²) in [5, 5.41) is 17.3. The molecule has 2 heterocycles. The first-order valence-electron chi connectivity index (χ1n) is 5.60. The quantitative estimate of drug-likeness (QED) is 0.745. The van der Waals surface area contributed by atoms with Gasteiger partial charge in [0.25, 0.3) is 0 Å². The highest BCUT2D eigenvalue weighted by atomic mass is 32.2. The van der Waals surface area contributed by atoms with Gasteiger partial charge in [-0.2, -0.15) is 5.26 Å². The van der Waals surface area contributed by atoms with Crippen LogP contribution in [0.1, 0.15) is 12.2 Å². The molecule has 98 valence electrons. The maximum Gasteiger partial charge on any atom is 0.191 e. The summed E-state index contributed by atoms with van der Waals surface area (Å²) in [5.41, 5.74) is 0. The van der Waals surface area contributed by atoms with Gasteiger partial charge in [-0.3, -0.25) is 0 Å². The van der Waals surface area contributed by atoms with Gasteiger partial charge in [-0.05, 0) is 12.3 Å². The van der Waals surface area contributed by atoms with E-state index in [0.29, 0.717) is 23.8 Å². The van der Waals surface area contributed by atoms with E-state index in [1.165, 1.54) is 11.8 Å². The Morgan fingerprint density at radius 1 is 1.56 bits per heavy atom. The van der Waals surface area contributed by atoms with Gasteiger partial charge < -0.3 is 4.57 Å². The summed E-state index contributed by atoms with van der Waals surface area (Å²) in [4.78, 5) is 0. The molecule has 0 radical (unpaired) electrons. The van der Waals surface area contributed by atoms with Crippen LogP contribution in [0.5, 0.6) is 0 Å². The zero-order valence-electron chi connectivity index (χ0n) is 10.0. The summed E-state index contributed by atoms with van der Waals surface area (Å²) in [6, 6.07) is 2.04. The summed E-state index contributed by atoms with van der Waals surface area (Å²) >= 11 is 1.34. The predicted octanol–water partition coefficient (Wildman–Crippen LogP) is 0.408. The first-order chi connectivity index (χ1) is 8.52. The zero-order chi connectivity index (χ0) is 13.2. The molecule has 0 N–H and O–H groups in total. The lowest BCUT2D eigenvalue weighted by Gasteiger charge is -2.06. The fourth-order valence-corrected chi connectivity index (χ4v) is 4.49. The number of hydrogen-bond acceptors (Lipinski definition) is 6. The summed E-state index contributed by atoms with van der Waals surface area (Å²) < 4.78 is 24.6. The molecule has 0 unspecified atom stereocenters. The molecule has 0 saturated carbocycles. The molecule has 1 aromatic heterocycles. The third-order valence-corrected chi connectivity index (χ3v) is 5.71. The maximum absolute atomic E-state index is 11.4. The van der Waals surface area contributed by atoms with Gasteiger partial charge in [0.05, 0.1) is 23.3 Å². The van der Waals surface area contributed by atoms with Crippen LogP contribution >= 0.6 is 11.8 Å². The first-order valence-corrected chi connectivity index (χ1v) is 8.41. The van der Waals surface area contributed by atoms with Gasteiger partial charge in [0.1, 0.15) is 5.82 Å². The number of nitriles is 1. The van der Waals surface area contributed by atoms with Crippen LogP contribution in [-0.2, 0) is 23.3 Å². The highest BCUT2D eigenvalue weighted by Gasteiger charge is 2.29. The van der Waals surface area contributed by atoms with Crippen molar-refractivity contribution in [2.75, 3.05) is 17.3 Å². The van der Waals surface area contributed by atoms with Crippen LogP contribution in [0.4, 0.5) is 0 Å². The minimum atomic E-state index is -2.84. The first kappa shape index (κ1) is 13.4. The lowest BCUT2D eigenvalue weighted by molar-refractivity contribution is 0.552. The normalized spacial score (nSPS) is 21.9. The Bertz CT molecular complexity index is 573.